The summed E-state index contributed by atoms with van der Waals surface area (Å²) in [7, 11) is 4.97. The number of nitrogens with zero attached hydrogens (tertiary/aromatic N) is 1. The van der Waals surface area contributed by atoms with E-state index in [0.717, 1.165) is 17.8 Å². The van der Waals surface area contributed by atoms with E-state index in [1.165, 1.54) is 0 Å². The summed E-state index contributed by atoms with van der Waals surface area (Å²) < 4.78 is 10.3. The summed E-state index contributed by atoms with van der Waals surface area (Å²) in [4.78, 5) is 12.4. The summed E-state index contributed by atoms with van der Waals surface area (Å²) in [5.74, 6) is -0.209. The first kappa shape index (κ1) is 16.3. The molecule has 0 spiro atoms. The fourth-order valence-electron chi connectivity index (χ4n) is 1.84. The van der Waals surface area contributed by atoms with E-state index in [-0.39, 0.29) is 6.54 Å². The van der Waals surface area contributed by atoms with Crippen LogP contribution in [0.5, 0.6) is 5.75 Å². The van der Waals surface area contributed by atoms with Gasteiger partial charge in [0.05, 0.1) is 19.4 Å². The number of hydrogen-bond acceptors (Lipinski definition) is 5. The molecule has 0 atom stereocenters. The molecule has 0 radical (unpaired) electrons. The largest absolute Gasteiger partial charge is 0.495 e. The summed E-state index contributed by atoms with van der Waals surface area (Å²) in [6.07, 6.45) is 0. The maximum absolute atomic E-state index is 10.7. The molecule has 0 aliphatic heterocycles. The van der Waals surface area contributed by atoms with E-state index in [4.69, 9.17) is 14.6 Å². The van der Waals surface area contributed by atoms with E-state index in [0.29, 0.717) is 18.9 Å². The molecule has 0 bridgehead atoms. The van der Waals surface area contributed by atoms with E-state index in [1.807, 2.05) is 18.2 Å². The molecule has 6 nitrogen and oxygen atoms in total. The Balaban J connectivity index is 2.72. The number of ether oxygens (including phenoxy) is 2. The molecule has 112 valence electrons. The number of anilines is 1. The number of rotatable bonds is 9. The number of nitrogens with one attached hydrogen (secondary N) is 1. The summed E-state index contributed by atoms with van der Waals surface area (Å²) >= 11 is 0. The minimum atomic E-state index is -0.875. The molecule has 0 aromatic heterocycles. The van der Waals surface area contributed by atoms with Crippen molar-refractivity contribution < 1.29 is 19.4 Å². The van der Waals surface area contributed by atoms with Gasteiger partial charge >= 0.3 is 5.97 Å². The van der Waals surface area contributed by atoms with Crippen molar-refractivity contribution in [2.45, 2.75) is 6.54 Å². The Labute approximate surface area is 119 Å². The predicted octanol–water partition coefficient (Wildman–Crippen LogP) is 0.952. The van der Waals surface area contributed by atoms with E-state index in [1.54, 1.807) is 26.2 Å². The third kappa shape index (κ3) is 5.07. The second-order valence-electron chi connectivity index (χ2n) is 4.43. The molecule has 1 aromatic carbocycles. The van der Waals surface area contributed by atoms with E-state index >= 15 is 0 Å². The molecular formula is C14H22N2O4. The number of carbonyl (C=O) groups is 1. The molecule has 6 heteroatoms. The first-order valence-corrected chi connectivity index (χ1v) is 6.38. The second-order valence-corrected chi connectivity index (χ2v) is 4.43. The highest BCUT2D eigenvalue weighted by molar-refractivity contribution is 5.75. The highest BCUT2D eigenvalue weighted by Gasteiger charge is 2.11. The fraction of sp³-hybridized carbons (Fsp3) is 0.500. The summed E-state index contributed by atoms with van der Waals surface area (Å²) in [6.45, 7) is 2.08. The van der Waals surface area contributed by atoms with Crippen molar-refractivity contribution in [3.63, 3.8) is 0 Å². The van der Waals surface area contributed by atoms with Gasteiger partial charge in [0.2, 0.25) is 0 Å². The lowest BCUT2D eigenvalue weighted by atomic mass is 10.1. The Hall–Kier alpha value is -1.79. The van der Waals surface area contributed by atoms with Gasteiger partial charge in [-0.25, -0.2) is 0 Å². The fourth-order valence-corrected chi connectivity index (χ4v) is 1.84. The van der Waals surface area contributed by atoms with E-state index in [2.05, 4.69) is 5.32 Å². The summed E-state index contributed by atoms with van der Waals surface area (Å²) in [5, 5.41) is 12.1. The van der Waals surface area contributed by atoms with Crippen LogP contribution in [-0.4, -0.2) is 52.0 Å². The number of benzene rings is 1. The summed E-state index contributed by atoms with van der Waals surface area (Å²) in [5.41, 5.74) is 1.83. The zero-order valence-corrected chi connectivity index (χ0v) is 12.2. The monoisotopic (exact) mass is 282 g/mol. The third-order valence-electron chi connectivity index (χ3n) is 2.84. The van der Waals surface area contributed by atoms with Gasteiger partial charge in [0.25, 0.3) is 0 Å². The molecule has 1 rings (SSSR count). The highest BCUT2D eigenvalue weighted by Crippen LogP contribution is 2.28. The predicted molar refractivity (Wildman–Crippen MR) is 77.5 cm³/mol. The standard InChI is InChI=1S/C14H22N2O4/c1-16(10-14(17)18)12-5-4-11(8-13(12)20-3)9-15-6-7-19-2/h4-5,8,15H,6-7,9-10H2,1-3H3,(H,17,18). The van der Waals surface area contributed by atoms with E-state index in [9.17, 15) is 4.79 Å². The lowest BCUT2D eigenvalue weighted by Gasteiger charge is -2.20. The van der Waals surface area contributed by atoms with Crippen LogP contribution in [0, 0.1) is 0 Å². The quantitative estimate of drug-likeness (QED) is 0.657. The van der Waals surface area contributed by atoms with Crippen LogP contribution in [0.3, 0.4) is 0 Å². The van der Waals surface area contributed by atoms with Crippen molar-refractivity contribution in [2.24, 2.45) is 0 Å². The minimum Gasteiger partial charge on any atom is -0.495 e. The number of carboxylic acid groups (broad SMARTS) is 1. The maximum atomic E-state index is 10.7. The Morgan fingerprint density at radius 1 is 1.40 bits per heavy atom. The smallest absolute Gasteiger partial charge is 0.323 e. The third-order valence-corrected chi connectivity index (χ3v) is 2.84. The normalized spacial score (nSPS) is 10.3. The van der Waals surface area contributed by atoms with Gasteiger partial charge in [-0.2, -0.15) is 0 Å². The zero-order valence-electron chi connectivity index (χ0n) is 12.2. The Morgan fingerprint density at radius 2 is 2.15 bits per heavy atom. The molecule has 1 aromatic rings. The van der Waals surface area contributed by atoms with Gasteiger partial charge in [0.15, 0.2) is 0 Å². The lowest BCUT2D eigenvalue weighted by molar-refractivity contribution is -0.135. The van der Waals surface area contributed by atoms with Crippen LogP contribution in [0.15, 0.2) is 18.2 Å². The number of carboxylic acids is 1. The van der Waals surface area contributed by atoms with E-state index < -0.39 is 5.97 Å². The molecule has 0 saturated carbocycles. The van der Waals surface area contributed by atoms with Crippen molar-refractivity contribution in [1.82, 2.24) is 5.32 Å². The van der Waals surface area contributed by atoms with Gasteiger partial charge in [-0.3, -0.25) is 4.79 Å². The molecule has 0 aliphatic carbocycles. The van der Waals surface area contributed by atoms with Gasteiger partial charge in [-0.05, 0) is 17.7 Å². The van der Waals surface area contributed by atoms with Crippen molar-refractivity contribution in [1.29, 1.82) is 0 Å². The van der Waals surface area contributed by atoms with Gasteiger partial charge in [0, 0.05) is 27.2 Å². The Bertz CT molecular complexity index is 437. The zero-order chi connectivity index (χ0) is 15.0. The van der Waals surface area contributed by atoms with Crippen LogP contribution < -0.4 is 15.0 Å². The minimum absolute atomic E-state index is 0.0677. The van der Waals surface area contributed by atoms with Gasteiger partial charge in [0.1, 0.15) is 12.3 Å². The van der Waals surface area contributed by atoms with Gasteiger partial charge in [-0.15, -0.1) is 0 Å². The lowest BCUT2D eigenvalue weighted by Crippen LogP contribution is -2.25. The number of methoxy groups -OCH3 is 2. The van der Waals surface area contributed by atoms with Crippen molar-refractivity contribution in [2.75, 3.05) is 45.9 Å². The number of likely N-dealkylation sites (N-methyl/N-ethyl adjacent to an activating group) is 1. The Kier molecular flexibility index (Phi) is 6.83. The first-order chi connectivity index (χ1) is 9.58. The maximum Gasteiger partial charge on any atom is 0.323 e. The van der Waals surface area contributed by atoms with Crippen molar-refractivity contribution >= 4 is 11.7 Å². The molecular weight excluding hydrogens is 260 g/mol. The molecule has 20 heavy (non-hydrogen) atoms. The molecule has 0 heterocycles. The number of aliphatic carboxylic acids is 1. The van der Waals surface area contributed by atoms with Crippen LogP contribution in [-0.2, 0) is 16.1 Å². The average Bonchev–Trinajstić information content (AvgIpc) is 2.42. The van der Waals surface area contributed by atoms with Gasteiger partial charge in [-0.1, -0.05) is 6.07 Å². The van der Waals surface area contributed by atoms with Crippen LogP contribution in [0.4, 0.5) is 5.69 Å². The Morgan fingerprint density at radius 3 is 2.75 bits per heavy atom. The van der Waals surface area contributed by atoms with Crippen LogP contribution in [0.2, 0.25) is 0 Å². The van der Waals surface area contributed by atoms with Crippen molar-refractivity contribution in [3.8, 4) is 5.75 Å². The number of hydrogen-bond donors (Lipinski definition) is 2. The molecule has 0 amide bonds. The molecule has 2 N–H and O–H groups in total. The average molecular weight is 282 g/mol. The first-order valence-electron chi connectivity index (χ1n) is 6.38. The topological polar surface area (TPSA) is 71.0 Å². The van der Waals surface area contributed by atoms with Crippen LogP contribution in [0.1, 0.15) is 5.56 Å². The van der Waals surface area contributed by atoms with Gasteiger partial charge < -0.3 is 24.8 Å². The van der Waals surface area contributed by atoms with Crippen molar-refractivity contribution in [3.05, 3.63) is 23.8 Å². The molecule has 0 aliphatic rings. The SMILES string of the molecule is COCCNCc1ccc(N(C)CC(=O)O)c(OC)c1. The van der Waals surface area contributed by atoms with Crippen LogP contribution >= 0.6 is 0 Å². The molecule has 0 unspecified atom stereocenters. The van der Waals surface area contributed by atoms with Crippen LogP contribution in [0.25, 0.3) is 0 Å². The summed E-state index contributed by atoms with van der Waals surface area (Å²) in [6, 6.07) is 5.73. The molecule has 0 fully saturated rings. The second kappa shape index (κ2) is 8.39. The highest BCUT2D eigenvalue weighted by atomic mass is 16.5. The molecule has 0 saturated heterocycles.